The number of hydrogen-bond donors (Lipinski definition) is 0. The van der Waals surface area contributed by atoms with Crippen LogP contribution in [0.2, 0.25) is 0 Å². The standard InChI is InChI=1S/C10H14INO2/c11-9-7-1-6-2-8(9)5-10(3-6,4-7)12(13)14/h6-9H,1-5H2. The van der Waals surface area contributed by atoms with Gasteiger partial charge >= 0.3 is 0 Å². The summed E-state index contributed by atoms with van der Waals surface area (Å²) in [6.07, 6.45) is 5.12. The molecule has 0 aromatic rings. The van der Waals surface area contributed by atoms with Gasteiger partial charge in [-0.1, -0.05) is 22.6 Å². The van der Waals surface area contributed by atoms with Crippen molar-refractivity contribution in [2.45, 2.75) is 41.6 Å². The number of halogens is 1. The molecule has 4 saturated carbocycles. The average Bonchev–Trinajstić information content (AvgIpc) is 2.12. The van der Waals surface area contributed by atoms with Crippen LogP contribution in [0.1, 0.15) is 32.1 Å². The van der Waals surface area contributed by atoms with Crippen molar-refractivity contribution in [3.63, 3.8) is 0 Å². The Balaban J connectivity index is 1.96. The van der Waals surface area contributed by atoms with E-state index in [1.807, 2.05) is 0 Å². The lowest BCUT2D eigenvalue weighted by atomic mass is 9.53. The highest BCUT2D eigenvalue weighted by Gasteiger charge is 2.61. The van der Waals surface area contributed by atoms with Gasteiger partial charge in [-0.25, -0.2) is 0 Å². The first-order valence-corrected chi connectivity index (χ1v) is 6.64. The summed E-state index contributed by atoms with van der Waals surface area (Å²) in [6.45, 7) is 0. The molecule has 0 heterocycles. The maximum atomic E-state index is 11.2. The van der Waals surface area contributed by atoms with Crippen molar-refractivity contribution in [2.75, 3.05) is 0 Å². The zero-order valence-electron chi connectivity index (χ0n) is 7.99. The van der Waals surface area contributed by atoms with Crippen LogP contribution in [0.4, 0.5) is 0 Å². The van der Waals surface area contributed by atoms with Crippen LogP contribution in [-0.2, 0) is 0 Å². The van der Waals surface area contributed by atoms with Crippen molar-refractivity contribution in [3.8, 4) is 0 Å². The van der Waals surface area contributed by atoms with Crippen LogP contribution in [0.3, 0.4) is 0 Å². The van der Waals surface area contributed by atoms with Crippen LogP contribution in [0, 0.1) is 27.9 Å². The molecule has 0 aromatic carbocycles. The summed E-state index contributed by atoms with van der Waals surface area (Å²) in [4.78, 5) is 11.2. The number of hydrogen-bond acceptors (Lipinski definition) is 2. The molecule has 4 aliphatic rings. The SMILES string of the molecule is O=[N+]([O-])C12CC3CC(C1)C(I)C(C3)C2. The highest BCUT2D eigenvalue weighted by molar-refractivity contribution is 14.1. The lowest BCUT2D eigenvalue weighted by molar-refractivity contribution is -0.588. The zero-order valence-corrected chi connectivity index (χ0v) is 10.1. The lowest BCUT2D eigenvalue weighted by Crippen LogP contribution is -2.58. The van der Waals surface area contributed by atoms with Gasteiger partial charge < -0.3 is 0 Å². The second-order valence-electron chi connectivity index (χ2n) is 5.40. The molecule has 3 nitrogen and oxygen atoms in total. The van der Waals surface area contributed by atoms with Crippen molar-refractivity contribution in [1.82, 2.24) is 0 Å². The molecule has 0 saturated heterocycles. The van der Waals surface area contributed by atoms with Gasteiger partial charge in [0.15, 0.2) is 0 Å². The summed E-state index contributed by atoms with van der Waals surface area (Å²) < 4.78 is 0.720. The second-order valence-corrected chi connectivity index (χ2v) is 6.83. The first kappa shape index (κ1) is 9.36. The van der Waals surface area contributed by atoms with E-state index in [-0.39, 0.29) is 4.92 Å². The number of rotatable bonds is 1. The first-order chi connectivity index (χ1) is 6.61. The summed E-state index contributed by atoms with van der Waals surface area (Å²) >= 11 is 2.53. The third-order valence-electron chi connectivity index (χ3n) is 4.51. The Morgan fingerprint density at radius 3 is 2.29 bits per heavy atom. The molecule has 2 atom stereocenters. The number of nitrogens with zero attached hydrogens (tertiary/aromatic N) is 1. The molecule has 0 radical (unpaired) electrons. The van der Waals surface area contributed by atoms with Gasteiger partial charge in [0.25, 0.3) is 0 Å². The molecular weight excluding hydrogens is 293 g/mol. The third-order valence-corrected chi connectivity index (χ3v) is 6.55. The molecule has 78 valence electrons. The van der Waals surface area contributed by atoms with Crippen LogP contribution in [0.25, 0.3) is 0 Å². The first-order valence-electron chi connectivity index (χ1n) is 5.39. The molecule has 4 rings (SSSR count). The molecule has 0 amide bonds. The Bertz CT molecular complexity index is 278. The maximum absolute atomic E-state index is 11.2. The molecule has 14 heavy (non-hydrogen) atoms. The highest BCUT2D eigenvalue weighted by atomic mass is 127. The van der Waals surface area contributed by atoms with Crippen molar-refractivity contribution >= 4 is 22.6 Å². The van der Waals surface area contributed by atoms with Crippen LogP contribution >= 0.6 is 22.6 Å². The average molecular weight is 307 g/mol. The van der Waals surface area contributed by atoms with E-state index in [1.54, 1.807) is 0 Å². The van der Waals surface area contributed by atoms with Crippen molar-refractivity contribution < 1.29 is 4.92 Å². The molecule has 4 bridgehead atoms. The fourth-order valence-corrected chi connectivity index (χ4v) is 5.24. The normalized spacial score (nSPS) is 54.9. The minimum absolute atomic E-state index is 0.0425. The van der Waals surface area contributed by atoms with Gasteiger partial charge in [-0.15, -0.1) is 0 Å². The summed E-state index contributed by atoms with van der Waals surface area (Å²) in [6, 6.07) is 0. The van der Waals surface area contributed by atoms with Crippen LogP contribution in [-0.4, -0.2) is 14.4 Å². The maximum Gasteiger partial charge on any atom is 0.223 e. The summed E-state index contributed by atoms with van der Waals surface area (Å²) in [5, 5.41) is 11.2. The summed E-state index contributed by atoms with van der Waals surface area (Å²) in [5.74, 6) is 1.96. The fourth-order valence-electron chi connectivity index (χ4n) is 4.14. The monoisotopic (exact) mass is 307 g/mol. The van der Waals surface area contributed by atoms with Gasteiger partial charge in [-0.05, 0) is 30.6 Å². The molecule has 4 fully saturated rings. The van der Waals surface area contributed by atoms with Gasteiger partial charge in [0.2, 0.25) is 5.54 Å². The molecule has 0 spiro atoms. The Hall–Kier alpha value is 0.130. The van der Waals surface area contributed by atoms with E-state index in [0.717, 1.165) is 23.2 Å². The van der Waals surface area contributed by atoms with E-state index in [4.69, 9.17) is 0 Å². The van der Waals surface area contributed by atoms with Crippen LogP contribution in [0.5, 0.6) is 0 Å². The smallest absolute Gasteiger partial charge is 0.223 e. The second kappa shape index (κ2) is 2.83. The highest BCUT2D eigenvalue weighted by Crippen LogP contribution is 2.58. The Morgan fingerprint density at radius 1 is 1.21 bits per heavy atom. The fraction of sp³-hybridized carbons (Fsp3) is 1.00. The Labute approximate surface area is 96.9 Å². The number of alkyl halides is 1. The molecule has 2 unspecified atom stereocenters. The van der Waals surface area contributed by atoms with Crippen molar-refractivity contribution in [2.24, 2.45) is 17.8 Å². The Kier molecular flexibility index (Phi) is 1.89. The molecule has 0 aliphatic heterocycles. The number of nitro groups is 1. The van der Waals surface area contributed by atoms with E-state index in [2.05, 4.69) is 22.6 Å². The predicted molar refractivity (Wildman–Crippen MR) is 61.1 cm³/mol. The minimum Gasteiger partial charge on any atom is -0.264 e. The predicted octanol–water partition coefficient (Wildman–Crippen LogP) is 2.65. The molecule has 4 heteroatoms. The zero-order chi connectivity index (χ0) is 9.92. The van der Waals surface area contributed by atoms with Gasteiger partial charge in [0.1, 0.15) is 0 Å². The summed E-state index contributed by atoms with van der Waals surface area (Å²) in [7, 11) is 0. The van der Waals surface area contributed by atoms with Crippen LogP contribution in [0.15, 0.2) is 0 Å². The van der Waals surface area contributed by atoms with E-state index in [0.29, 0.717) is 17.8 Å². The Morgan fingerprint density at radius 2 is 1.79 bits per heavy atom. The van der Waals surface area contributed by atoms with Gasteiger partial charge in [-0.3, -0.25) is 10.1 Å². The molecule has 0 aromatic heterocycles. The summed E-state index contributed by atoms with van der Waals surface area (Å²) in [5.41, 5.74) is -0.502. The van der Waals surface area contributed by atoms with E-state index in [9.17, 15) is 10.1 Å². The quantitative estimate of drug-likeness (QED) is 0.323. The van der Waals surface area contributed by atoms with E-state index < -0.39 is 5.54 Å². The van der Waals surface area contributed by atoms with E-state index in [1.165, 1.54) is 12.8 Å². The van der Waals surface area contributed by atoms with Gasteiger partial charge in [-0.2, -0.15) is 0 Å². The van der Waals surface area contributed by atoms with Crippen LogP contribution < -0.4 is 0 Å². The van der Waals surface area contributed by atoms with Crippen molar-refractivity contribution in [1.29, 1.82) is 0 Å². The molecule has 0 N–H and O–H groups in total. The minimum atomic E-state index is -0.502. The topological polar surface area (TPSA) is 43.1 Å². The van der Waals surface area contributed by atoms with Gasteiger partial charge in [0, 0.05) is 28.1 Å². The third kappa shape index (κ3) is 1.09. The van der Waals surface area contributed by atoms with Crippen molar-refractivity contribution in [3.05, 3.63) is 10.1 Å². The van der Waals surface area contributed by atoms with E-state index >= 15 is 0 Å². The molecule has 4 aliphatic carbocycles. The van der Waals surface area contributed by atoms with Gasteiger partial charge in [0.05, 0.1) is 0 Å². The lowest BCUT2D eigenvalue weighted by Gasteiger charge is -2.54. The largest absolute Gasteiger partial charge is 0.264 e. The molecular formula is C10H14INO2.